The smallest absolute Gasteiger partial charge is 0.245 e. The zero-order chi connectivity index (χ0) is 18.9. The lowest BCUT2D eigenvalue weighted by atomic mass is 10.0. The van der Waals surface area contributed by atoms with Gasteiger partial charge >= 0.3 is 0 Å². The third-order valence-electron chi connectivity index (χ3n) is 4.69. The number of nitrogens with zero attached hydrogens (tertiary/aromatic N) is 2. The van der Waals surface area contributed by atoms with Crippen LogP contribution < -0.4 is 9.62 Å². The molecule has 1 aliphatic rings. The topological polar surface area (TPSA) is 79.4 Å². The summed E-state index contributed by atoms with van der Waals surface area (Å²) in [6.45, 7) is 0.580. The molecule has 4 rings (SSSR count). The Morgan fingerprint density at radius 3 is 2.59 bits per heavy atom. The fraction of sp³-hybridized carbons (Fsp3) is 0.200. The Bertz CT molecular complexity index is 1080. The van der Waals surface area contributed by atoms with Crippen LogP contribution in [0.15, 0.2) is 71.8 Å². The van der Waals surface area contributed by atoms with Gasteiger partial charge in [-0.15, -0.1) is 0 Å². The van der Waals surface area contributed by atoms with Gasteiger partial charge in [-0.05, 0) is 37.1 Å². The first-order valence-electron chi connectivity index (χ1n) is 8.79. The van der Waals surface area contributed by atoms with Gasteiger partial charge in [-0.2, -0.15) is 4.72 Å². The number of amides is 1. The number of carbonyl (C=O) groups excluding carboxylic acids is 1. The maximum absolute atomic E-state index is 13.0. The van der Waals surface area contributed by atoms with Crippen LogP contribution in [0.2, 0.25) is 0 Å². The Morgan fingerprint density at radius 1 is 1.00 bits per heavy atom. The molecule has 0 radical (unpaired) electrons. The van der Waals surface area contributed by atoms with Crippen molar-refractivity contribution in [2.45, 2.75) is 23.8 Å². The van der Waals surface area contributed by atoms with Gasteiger partial charge in [-0.1, -0.05) is 36.4 Å². The second kappa shape index (κ2) is 7.09. The summed E-state index contributed by atoms with van der Waals surface area (Å²) in [4.78, 5) is 18.8. The Balaban J connectivity index is 1.63. The Hall–Kier alpha value is -2.77. The van der Waals surface area contributed by atoms with Crippen molar-refractivity contribution >= 4 is 32.5 Å². The molecule has 27 heavy (non-hydrogen) atoms. The maximum atomic E-state index is 13.0. The van der Waals surface area contributed by atoms with Gasteiger partial charge in [0.05, 0.1) is 5.52 Å². The summed E-state index contributed by atoms with van der Waals surface area (Å²) in [5.74, 6) is -0.232. The lowest BCUT2D eigenvalue weighted by Crippen LogP contribution is -2.52. The number of sulfonamides is 1. The summed E-state index contributed by atoms with van der Waals surface area (Å²) < 4.78 is 28.6. The van der Waals surface area contributed by atoms with Crippen LogP contribution in [0.25, 0.3) is 10.9 Å². The summed E-state index contributed by atoms with van der Waals surface area (Å²) in [6, 6.07) is 17.1. The van der Waals surface area contributed by atoms with E-state index in [-0.39, 0.29) is 10.8 Å². The number of anilines is 1. The van der Waals surface area contributed by atoms with Gasteiger partial charge in [-0.3, -0.25) is 9.78 Å². The van der Waals surface area contributed by atoms with E-state index < -0.39 is 16.1 Å². The predicted octanol–water partition coefficient (Wildman–Crippen LogP) is 2.71. The molecule has 6 nitrogen and oxygen atoms in total. The van der Waals surface area contributed by atoms with Crippen LogP contribution in [0.5, 0.6) is 0 Å². The molecule has 1 saturated heterocycles. The first kappa shape index (κ1) is 17.6. The monoisotopic (exact) mass is 381 g/mol. The first-order chi connectivity index (χ1) is 13.1. The van der Waals surface area contributed by atoms with Crippen LogP contribution in [0.4, 0.5) is 5.69 Å². The lowest BCUT2D eigenvalue weighted by Gasteiger charge is -2.32. The van der Waals surface area contributed by atoms with Crippen LogP contribution >= 0.6 is 0 Å². The Kier molecular flexibility index (Phi) is 4.63. The highest BCUT2D eigenvalue weighted by Crippen LogP contribution is 2.24. The molecule has 1 aliphatic heterocycles. The molecule has 1 fully saturated rings. The highest BCUT2D eigenvalue weighted by molar-refractivity contribution is 7.89. The van der Waals surface area contributed by atoms with Crippen LogP contribution in [-0.4, -0.2) is 31.9 Å². The highest BCUT2D eigenvalue weighted by atomic mass is 32.2. The summed E-state index contributed by atoms with van der Waals surface area (Å²) >= 11 is 0. The number of piperidine rings is 1. The molecule has 1 amide bonds. The van der Waals surface area contributed by atoms with E-state index in [9.17, 15) is 13.2 Å². The molecule has 0 bridgehead atoms. The first-order valence-corrected chi connectivity index (χ1v) is 10.3. The fourth-order valence-electron chi connectivity index (χ4n) is 3.39. The van der Waals surface area contributed by atoms with Gasteiger partial charge in [0.2, 0.25) is 15.9 Å². The lowest BCUT2D eigenvalue weighted by molar-refractivity contribution is -0.121. The molecule has 1 atom stereocenters. The molecule has 138 valence electrons. The van der Waals surface area contributed by atoms with Gasteiger partial charge in [0, 0.05) is 23.8 Å². The fourth-order valence-corrected chi connectivity index (χ4v) is 4.80. The van der Waals surface area contributed by atoms with Crippen LogP contribution in [-0.2, 0) is 14.8 Å². The van der Waals surface area contributed by atoms with E-state index >= 15 is 0 Å². The minimum Gasteiger partial charge on any atom is -0.311 e. The summed E-state index contributed by atoms with van der Waals surface area (Å²) in [5.41, 5.74) is 1.17. The van der Waals surface area contributed by atoms with E-state index in [1.807, 2.05) is 42.5 Å². The van der Waals surface area contributed by atoms with Gasteiger partial charge in [0.15, 0.2) is 0 Å². The van der Waals surface area contributed by atoms with Crippen molar-refractivity contribution in [2.75, 3.05) is 11.4 Å². The van der Waals surface area contributed by atoms with Gasteiger partial charge in [0.25, 0.3) is 0 Å². The number of para-hydroxylation sites is 2. The normalized spacial score (nSPS) is 18.0. The van der Waals surface area contributed by atoms with Crippen LogP contribution in [0, 0.1) is 0 Å². The van der Waals surface area contributed by atoms with E-state index in [0.717, 1.165) is 17.5 Å². The number of carbonyl (C=O) groups is 1. The highest BCUT2D eigenvalue weighted by Gasteiger charge is 2.33. The third-order valence-corrected chi connectivity index (χ3v) is 6.19. The van der Waals surface area contributed by atoms with E-state index in [2.05, 4.69) is 9.71 Å². The van der Waals surface area contributed by atoms with Crippen molar-refractivity contribution in [3.63, 3.8) is 0 Å². The second-order valence-electron chi connectivity index (χ2n) is 6.47. The van der Waals surface area contributed by atoms with Crippen molar-refractivity contribution in [2.24, 2.45) is 0 Å². The summed E-state index contributed by atoms with van der Waals surface area (Å²) in [6.07, 6.45) is 2.76. The minimum absolute atomic E-state index is 0.0882. The van der Waals surface area contributed by atoms with E-state index in [0.29, 0.717) is 18.5 Å². The van der Waals surface area contributed by atoms with E-state index in [1.54, 1.807) is 23.2 Å². The summed E-state index contributed by atoms with van der Waals surface area (Å²) in [7, 11) is -3.89. The number of hydrogen-bond donors (Lipinski definition) is 1. The molecule has 2 heterocycles. The van der Waals surface area contributed by atoms with Crippen molar-refractivity contribution in [3.8, 4) is 0 Å². The molecule has 3 aromatic rings. The number of rotatable bonds is 4. The molecule has 7 heteroatoms. The number of benzene rings is 2. The zero-order valence-corrected chi connectivity index (χ0v) is 15.4. The van der Waals surface area contributed by atoms with Gasteiger partial charge < -0.3 is 4.90 Å². The average Bonchev–Trinajstić information content (AvgIpc) is 2.69. The quantitative estimate of drug-likeness (QED) is 0.754. The van der Waals surface area contributed by atoms with Crippen molar-refractivity contribution in [3.05, 3.63) is 66.9 Å². The van der Waals surface area contributed by atoms with Crippen LogP contribution in [0.1, 0.15) is 12.8 Å². The van der Waals surface area contributed by atoms with Gasteiger partial charge in [0.1, 0.15) is 10.9 Å². The van der Waals surface area contributed by atoms with Crippen molar-refractivity contribution in [1.29, 1.82) is 0 Å². The largest absolute Gasteiger partial charge is 0.311 e. The second-order valence-corrected chi connectivity index (χ2v) is 8.16. The average molecular weight is 381 g/mol. The number of nitrogens with one attached hydrogen (secondary N) is 1. The molecule has 1 N–H and O–H groups in total. The third kappa shape index (κ3) is 3.43. The molecule has 0 spiro atoms. The number of pyridine rings is 1. The Labute approximate surface area is 157 Å². The molecule has 1 unspecified atom stereocenters. The number of hydrogen-bond acceptors (Lipinski definition) is 4. The molecular formula is C20H19N3O3S. The van der Waals surface area contributed by atoms with E-state index in [1.165, 1.54) is 6.07 Å². The van der Waals surface area contributed by atoms with Crippen LogP contribution in [0.3, 0.4) is 0 Å². The molecule has 0 aliphatic carbocycles. The predicted molar refractivity (Wildman–Crippen MR) is 104 cm³/mol. The Morgan fingerprint density at radius 2 is 1.78 bits per heavy atom. The van der Waals surface area contributed by atoms with Crippen molar-refractivity contribution in [1.82, 2.24) is 9.71 Å². The zero-order valence-electron chi connectivity index (χ0n) is 14.6. The minimum atomic E-state index is -3.89. The molecule has 2 aromatic carbocycles. The molecule has 1 aromatic heterocycles. The van der Waals surface area contributed by atoms with E-state index in [4.69, 9.17) is 0 Å². The number of aromatic nitrogens is 1. The van der Waals surface area contributed by atoms with Crippen molar-refractivity contribution < 1.29 is 13.2 Å². The standard InChI is InChI=1S/C20H19N3O3S/c24-20-17(11-6-14-23(20)16-9-2-1-3-10-16)22-27(25,26)18-12-4-7-15-8-5-13-21-19(15)18/h1-5,7-10,12-13,17,22H,6,11,14H2. The SMILES string of the molecule is O=C1C(NS(=O)(=O)c2cccc3cccnc23)CCCN1c1ccccc1. The molecular weight excluding hydrogens is 362 g/mol. The number of fused-ring (bicyclic) bond motifs is 1. The maximum Gasteiger partial charge on any atom is 0.245 e. The summed E-state index contributed by atoms with van der Waals surface area (Å²) in [5, 5.41) is 0.737. The molecule has 0 saturated carbocycles. The van der Waals surface area contributed by atoms with Gasteiger partial charge in [-0.25, -0.2) is 8.42 Å².